The standard InChI is InChI=1S/C16H23ClN2O3S/c1-16(2,3)15(20)18-9-6-10-19(12-11-18)23(21,22)14-8-5-4-7-13(14)17/h4-5,7-8H,6,9-12H2,1-3H3. The normalized spacial score (nSPS) is 17.8. The van der Waals surface area contributed by atoms with Gasteiger partial charge in [0.25, 0.3) is 0 Å². The summed E-state index contributed by atoms with van der Waals surface area (Å²) in [6.45, 7) is 7.27. The maximum Gasteiger partial charge on any atom is 0.244 e. The second-order valence-corrected chi connectivity index (χ2v) is 9.04. The first kappa shape index (κ1) is 18.2. The van der Waals surface area contributed by atoms with E-state index in [9.17, 15) is 13.2 Å². The van der Waals surface area contributed by atoms with Gasteiger partial charge in [-0.2, -0.15) is 4.31 Å². The van der Waals surface area contributed by atoms with Gasteiger partial charge in [-0.05, 0) is 18.6 Å². The number of carbonyl (C=O) groups is 1. The maximum atomic E-state index is 12.8. The van der Waals surface area contributed by atoms with Crippen LogP contribution in [-0.2, 0) is 14.8 Å². The zero-order valence-corrected chi connectivity index (χ0v) is 15.3. The number of hydrogen-bond donors (Lipinski definition) is 0. The van der Waals surface area contributed by atoms with Crippen LogP contribution >= 0.6 is 11.6 Å². The maximum absolute atomic E-state index is 12.8. The molecule has 1 aliphatic heterocycles. The summed E-state index contributed by atoms with van der Waals surface area (Å²) in [5.74, 6) is 0.0505. The van der Waals surface area contributed by atoms with E-state index in [-0.39, 0.29) is 22.4 Å². The van der Waals surface area contributed by atoms with Crippen molar-refractivity contribution in [2.75, 3.05) is 26.2 Å². The van der Waals surface area contributed by atoms with E-state index in [4.69, 9.17) is 11.6 Å². The van der Waals surface area contributed by atoms with Gasteiger partial charge < -0.3 is 4.90 Å². The lowest BCUT2D eigenvalue weighted by Crippen LogP contribution is -2.42. The van der Waals surface area contributed by atoms with Crippen molar-refractivity contribution in [2.24, 2.45) is 5.41 Å². The summed E-state index contributed by atoms with van der Waals surface area (Å²) >= 11 is 6.04. The average Bonchev–Trinajstić information content (AvgIpc) is 2.72. The van der Waals surface area contributed by atoms with E-state index in [0.717, 1.165) is 0 Å². The number of halogens is 1. The zero-order chi connectivity index (χ0) is 17.3. The molecule has 1 amide bonds. The minimum atomic E-state index is -3.64. The van der Waals surface area contributed by atoms with Gasteiger partial charge in [-0.15, -0.1) is 0 Å². The molecule has 0 N–H and O–H groups in total. The Hall–Kier alpha value is -1.11. The van der Waals surface area contributed by atoms with Gasteiger partial charge in [-0.25, -0.2) is 8.42 Å². The molecular formula is C16H23ClN2O3S. The van der Waals surface area contributed by atoms with Crippen LogP contribution in [0.3, 0.4) is 0 Å². The molecule has 0 bridgehead atoms. The summed E-state index contributed by atoms with van der Waals surface area (Å²) in [5, 5.41) is 0.222. The van der Waals surface area contributed by atoms with Crippen molar-refractivity contribution in [2.45, 2.75) is 32.1 Å². The minimum Gasteiger partial charge on any atom is -0.341 e. The molecule has 128 valence electrons. The second-order valence-electron chi connectivity index (χ2n) is 6.73. The number of nitrogens with zero attached hydrogens (tertiary/aromatic N) is 2. The Balaban J connectivity index is 2.18. The topological polar surface area (TPSA) is 57.7 Å². The summed E-state index contributed by atoms with van der Waals surface area (Å²) < 4.78 is 27.0. The van der Waals surface area contributed by atoms with Gasteiger partial charge in [-0.3, -0.25) is 4.79 Å². The van der Waals surface area contributed by atoms with Crippen molar-refractivity contribution in [3.05, 3.63) is 29.3 Å². The lowest BCUT2D eigenvalue weighted by molar-refractivity contribution is -0.139. The molecule has 0 spiro atoms. The number of amides is 1. The van der Waals surface area contributed by atoms with Crippen LogP contribution in [0.25, 0.3) is 0 Å². The highest BCUT2D eigenvalue weighted by Gasteiger charge is 2.32. The van der Waals surface area contributed by atoms with E-state index in [2.05, 4.69) is 0 Å². The summed E-state index contributed by atoms with van der Waals surface area (Å²) in [7, 11) is -3.64. The van der Waals surface area contributed by atoms with Crippen LogP contribution in [0.15, 0.2) is 29.2 Å². The van der Waals surface area contributed by atoms with Crippen LogP contribution in [0.2, 0.25) is 5.02 Å². The molecule has 1 saturated heterocycles. The fourth-order valence-corrected chi connectivity index (χ4v) is 4.57. The summed E-state index contributed by atoms with van der Waals surface area (Å²) in [6.07, 6.45) is 0.617. The van der Waals surface area contributed by atoms with Crippen molar-refractivity contribution < 1.29 is 13.2 Å². The number of carbonyl (C=O) groups excluding carboxylic acids is 1. The third-order valence-corrected chi connectivity index (χ3v) is 6.24. The lowest BCUT2D eigenvalue weighted by atomic mass is 9.94. The Labute approximate surface area is 143 Å². The van der Waals surface area contributed by atoms with Gasteiger partial charge in [0.2, 0.25) is 15.9 Å². The molecule has 1 aliphatic rings. The van der Waals surface area contributed by atoms with Gasteiger partial charge >= 0.3 is 0 Å². The van der Waals surface area contributed by atoms with Gasteiger partial charge in [-0.1, -0.05) is 44.5 Å². The predicted molar refractivity (Wildman–Crippen MR) is 90.9 cm³/mol. The Bertz CT molecular complexity index is 683. The zero-order valence-electron chi connectivity index (χ0n) is 13.8. The molecule has 2 rings (SSSR count). The molecule has 0 aromatic heterocycles. The SMILES string of the molecule is CC(C)(C)C(=O)N1CCCN(S(=O)(=O)c2ccccc2Cl)CC1. The van der Waals surface area contributed by atoms with Crippen LogP contribution in [0, 0.1) is 5.41 Å². The van der Waals surface area contributed by atoms with Crippen LogP contribution < -0.4 is 0 Å². The van der Waals surface area contributed by atoms with Crippen LogP contribution in [0.4, 0.5) is 0 Å². The number of sulfonamides is 1. The molecule has 1 aromatic rings. The van der Waals surface area contributed by atoms with E-state index in [1.165, 1.54) is 10.4 Å². The Kier molecular flexibility index (Phi) is 5.38. The molecule has 23 heavy (non-hydrogen) atoms. The van der Waals surface area contributed by atoms with Crippen molar-refractivity contribution in [3.63, 3.8) is 0 Å². The highest BCUT2D eigenvalue weighted by atomic mass is 35.5. The minimum absolute atomic E-state index is 0.0505. The molecule has 0 radical (unpaired) electrons. The van der Waals surface area contributed by atoms with E-state index < -0.39 is 15.4 Å². The molecule has 0 saturated carbocycles. The molecule has 1 heterocycles. The van der Waals surface area contributed by atoms with Crippen molar-refractivity contribution in [3.8, 4) is 0 Å². The van der Waals surface area contributed by atoms with Gasteiger partial charge in [0.15, 0.2) is 0 Å². The molecule has 0 unspecified atom stereocenters. The van der Waals surface area contributed by atoms with Gasteiger partial charge in [0.05, 0.1) is 5.02 Å². The molecule has 7 heteroatoms. The van der Waals surface area contributed by atoms with E-state index >= 15 is 0 Å². The second kappa shape index (κ2) is 6.79. The summed E-state index contributed by atoms with van der Waals surface area (Å²) in [5.41, 5.74) is -0.462. The molecule has 1 fully saturated rings. The molecular weight excluding hydrogens is 336 g/mol. The molecule has 0 aliphatic carbocycles. The monoisotopic (exact) mass is 358 g/mol. The van der Waals surface area contributed by atoms with E-state index in [1.807, 2.05) is 20.8 Å². The Morgan fingerprint density at radius 1 is 1.09 bits per heavy atom. The van der Waals surface area contributed by atoms with Crippen molar-refractivity contribution in [1.29, 1.82) is 0 Å². The van der Waals surface area contributed by atoms with E-state index in [0.29, 0.717) is 26.1 Å². The van der Waals surface area contributed by atoms with Crippen LogP contribution in [-0.4, -0.2) is 49.7 Å². The highest BCUT2D eigenvalue weighted by Crippen LogP contribution is 2.26. The first-order valence-corrected chi connectivity index (χ1v) is 9.50. The van der Waals surface area contributed by atoms with Crippen molar-refractivity contribution in [1.82, 2.24) is 9.21 Å². The smallest absolute Gasteiger partial charge is 0.244 e. The first-order chi connectivity index (χ1) is 10.6. The Morgan fingerprint density at radius 3 is 2.35 bits per heavy atom. The predicted octanol–water partition coefficient (Wildman–Crippen LogP) is 2.61. The third-order valence-electron chi connectivity index (χ3n) is 3.84. The van der Waals surface area contributed by atoms with Gasteiger partial charge in [0.1, 0.15) is 4.90 Å². The Morgan fingerprint density at radius 2 is 1.74 bits per heavy atom. The van der Waals surface area contributed by atoms with E-state index in [1.54, 1.807) is 23.1 Å². The van der Waals surface area contributed by atoms with Crippen LogP contribution in [0.1, 0.15) is 27.2 Å². The average molecular weight is 359 g/mol. The summed E-state index contributed by atoms with van der Waals surface area (Å²) in [4.78, 5) is 14.3. The fourth-order valence-electron chi connectivity index (χ4n) is 2.60. The van der Waals surface area contributed by atoms with Gasteiger partial charge in [0, 0.05) is 31.6 Å². The highest BCUT2D eigenvalue weighted by molar-refractivity contribution is 7.89. The first-order valence-electron chi connectivity index (χ1n) is 7.68. The quantitative estimate of drug-likeness (QED) is 0.816. The molecule has 5 nitrogen and oxygen atoms in total. The molecule has 1 aromatic carbocycles. The third kappa shape index (κ3) is 4.05. The largest absolute Gasteiger partial charge is 0.341 e. The van der Waals surface area contributed by atoms with Crippen LogP contribution in [0.5, 0.6) is 0 Å². The number of benzene rings is 1. The summed E-state index contributed by atoms with van der Waals surface area (Å²) in [6, 6.07) is 6.45. The number of rotatable bonds is 2. The lowest BCUT2D eigenvalue weighted by Gasteiger charge is -2.28. The number of hydrogen-bond acceptors (Lipinski definition) is 3. The fraction of sp³-hybridized carbons (Fsp3) is 0.562. The molecule has 0 atom stereocenters. The van der Waals surface area contributed by atoms with Crippen molar-refractivity contribution >= 4 is 27.5 Å².